The van der Waals surface area contributed by atoms with Crippen LogP contribution in [-0.4, -0.2) is 29.3 Å². The van der Waals surface area contributed by atoms with E-state index >= 15 is 0 Å². The average molecular weight is 295 g/mol. The number of ether oxygens (including phenoxy) is 1. The third-order valence-electron chi connectivity index (χ3n) is 3.67. The number of halogens is 1. The molecule has 0 amide bonds. The van der Waals surface area contributed by atoms with E-state index < -0.39 is 0 Å². The van der Waals surface area contributed by atoms with Crippen molar-refractivity contribution in [2.45, 2.75) is 64.8 Å². The minimum absolute atomic E-state index is 0.0473. The van der Waals surface area contributed by atoms with Crippen LogP contribution in [0.4, 0.5) is 10.2 Å². The van der Waals surface area contributed by atoms with Gasteiger partial charge in [0.05, 0.1) is 12.1 Å². The first kappa shape index (κ1) is 16.2. The minimum atomic E-state index is -0.279. The summed E-state index contributed by atoms with van der Waals surface area (Å²) in [6.07, 6.45) is 3.87. The standard InChI is InChI=1S/C16H26FN3O/c1-11(13-6-5-9-21-13)20-15-14(17)12(7-8-18-15)10-19-16(2,3)4/h7-8,11,13,19H,5-6,9-10H2,1-4H3,(H,18,20). The number of hydrogen-bond donors (Lipinski definition) is 2. The summed E-state index contributed by atoms with van der Waals surface area (Å²) in [6, 6.07) is 1.77. The molecule has 5 heteroatoms. The highest BCUT2D eigenvalue weighted by Gasteiger charge is 2.23. The maximum absolute atomic E-state index is 14.5. The van der Waals surface area contributed by atoms with Crippen LogP contribution in [0, 0.1) is 5.82 Å². The Balaban J connectivity index is 2.02. The Morgan fingerprint density at radius 2 is 2.24 bits per heavy atom. The quantitative estimate of drug-likeness (QED) is 0.876. The fourth-order valence-corrected chi connectivity index (χ4v) is 2.39. The molecule has 0 radical (unpaired) electrons. The van der Waals surface area contributed by atoms with Crippen LogP contribution in [0.25, 0.3) is 0 Å². The lowest BCUT2D eigenvalue weighted by molar-refractivity contribution is 0.0994. The average Bonchev–Trinajstić information content (AvgIpc) is 2.92. The van der Waals surface area contributed by atoms with Gasteiger partial charge in [0.1, 0.15) is 0 Å². The van der Waals surface area contributed by atoms with Crippen molar-refractivity contribution in [2.75, 3.05) is 11.9 Å². The van der Waals surface area contributed by atoms with Crippen LogP contribution >= 0.6 is 0 Å². The van der Waals surface area contributed by atoms with Gasteiger partial charge in [-0.05, 0) is 46.6 Å². The molecule has 0 bridgehead atoms. The normalized spacial score (nSPS) is 20.5. The van der Waals surface area contributed by atoms with E-state index in [4.69, 9.17) is 4.74 Å². The Labute approximate surface area is 126 Å². The Morgan fingerprint density at radius 3 is 2.86 bits per heavy atom. The lowest BCUT2D eigenvalue weighted by Crippen LogP contribution is -2.35. The summed E-state index contributed by atoms with van der Waals surface area (Å²) < 4.78 is 20.1. The van der Waals surface area contributed by atoms with Crippen molar-refractivity contribution in [3.8, 4) is 0 Å². The lowest BCUT2D eigenvalue weighted by Gasteiger charge is -2.23. The zero-order chi connectivity index (χ0) is 15.5. The predicted molar refractivity (Wildman–Crippen MR) is 82.8 cm³/mol. The molecular weight excluding hydrogens is 269 g/mol. The molecule has 1 saturated heterocycles. The highest BCUT2D eigenvalue weighted by Crippen LogP contribution is 2.21. The molecule has 2 atom stereocenters. The van der Waals surface area contributed by atoms with E-state index in [2.05, 4.69) is 36.4 Å². The third kappa shape index (κ3) is 4.64. The van der Waals surface area contributed by atoms with Gasteiger partial charge in [-0.15, -0.1) is 0 Å². The van der Waals surface area contributed by atoms with Gasteiger partial charge in [-0.25, -0.2) is 9.37 Å². The molecule has 1 aliphatic heterocycles. The van der Waals surface area contributed by atoms with Gasteiger partial charge in [0.15, 0.2) is 11.6 Å². The Morgan fingerprint density at radius 1 is 1.48 bits per heavy atom. The molecule has 1 aromatic heterocycles. The first-order valence-electron chi connectivity index (χ1n) is 7.63. The monoisotopic (exact) mass is 295 g/mol. The number of anilines is 1. The van der Waals surface area contributed by atoms with E-state index in [0.29, 0.717) is 17.9 Å². The molecule has 0 spiro atoms. The van der Waals surface area contributed by atoms with Crippen LogP contribution in [-0.2, 0) is 11.3 Å². The zero-order valence-electron chi connectivity index (χ0n) is 13.4. The molecule has 2 N–H and O–H groups in total. The molecule has 2 rings (SSSR count). The number of nitrogens with zero attached hydrogens (tertiary/aromatic N) is 1. The minimum Gasteiger partial charge on any atom is -0.376 e. The van der Waals surface area contributed by atoms with Crippen LogP contribution in [0.3, 0.4) is 0 Å². The first-order valence-corrected chi connectivity index (χ1v) is 7.63. The second-order valence-corrected chi connectivity index (χ2v) is 6.72. The van der Waals surface area contributed by atoms with Crippen molar-refractivity contribution in [3.63, 3.8) is 0 Å². The number of rotatable bonds is 5. The van der Waals surface area contributed by atoms with Crippen molar-refractivity contribution in [1.29, 1.82) is 0 Å². The number of pyridine rings is 1. The van der Waals surface area contributed by atoms with Crippen molar-refractivity contribution in [2.24, 2.45) is 0 Å². The molecule has 21 heavy (non-hydrogen) atoms. The molecular formula is C16H26FN3O. The summed E-state index contributed by atoms with van der Waals surface area (Å²) in [4.78, 5) is 4.13. The molecule has 2 heterocycles. The van der Waals surface area contributed by atoms with E-state index in [9.17, 15) is 4.39 Å². The van der Waals surface area contributed by atoms with Gasteiger partial charge in [-0.3, -0.25) is 0 Å². The van der Waals surface area contributed by atoms with Crippen LogP contribution in [0.5, 0.6) is 0 Å². The van der Waals surface area contributed by atoms with Gasteiger partial charge in [0.2, 0.25) is 0 Å². The molecule has 0 saturated carbocycles. The third-order valence-corrected chi connectivity index (χ3v) is 3.67. The first-order chi connectivity index (χ1) is 9.87. The predicted octanol–water partition coefficient (Wildman–Crippen LogP) is 3.09. The van der Waals surface area contributed by atoms with Gasteiger partial charge in [-0.1, -0.05) is 0 Å². The molecule has 1 aromatic rings. The lowest BCUT2D eigenvalue weighted by atomic mass is 10.1. The van der Waals surface area contributed by atoms with Gasteiger partial charge < -0.3 is 15.4 Å². The Hall–Kier alpha value is -1.20. The highest BCUT2D eigenvalue weighted by molar-refractivity contribution is 5.41. The van der Waals surface area contributed by atoms with E-state index in [0.717, 1.165) is 19.4 Å². The van der Waals surface area contributed by atoms with Crippen LogP contribution in [0.1, 0.15) is 46.1 Å². The molecule has 0 aliphatic carbocycles. The molecule has 2 unspecified atom stereocenters. The summed E-state index contributed by atoms with van der Waals surface area (Å²) in [5.41, 5.74) is 0.579. The highest BCUT2D eigenvalue weighted by atomic mass is 19.1. The van der Waals surface area contributed by atoms with Crippen molar-refractivity contribution >= 4 is 5.82 Å². The van der Waals surface area contributed by atoms with Gasteiger partial charge in [0.25, 0.3) is 0 Å². The summed E-state index contributed by atoms with van der Waals surface area (Å²) in [5.74, 6) is 0.0327. The molecule has 118 valence electrons. The summed E-state index contributed by atoms with van der Waals surface area (Å²) in [6.45, 7) is 9.47. The smallest absolute Gasteiger partial charge is 0.169 e. The Kier molecular flexibility index (Phi) is 5.17. The number of nitrogens with one attached hydrogen (secondary N) is 2. The second kappa shape index (κ2) is 6.71. The maximum atomic E-state index is 14.5. The van der Waals surface area contributed by atoms with Crippen molar-refractivity contribution < 1.29 is 9.13 Å². The molecule has 1 fully saturated rings. The zero-order valence-corrected chi connectivity index (χ0v) is 13.4. The van der Waals surface area contributed by atoms with E-state index in [1.54, 1.807) is 12.3 Å². The summed E-state index contributed by atoms with van der Waals surface area (Å²) in [7, 11) is 0. The van der Waals surface area contributed by atoms with Crippen LogP contribution in [0.15, 0.2) is 12.3 Å². The number of aromatic nitrogens is 1. The van der Waals surface area contributed by atoms with E-state index in [1.807, 2.05) is 6.92 Å². The van der Waals surface area contributed by atoms with Crippen LogP contribution in [0.2, 0.25) is 0 Å². The van der Waals surface area contributed by atoms with Crippen LogP contribution < -0.4 is 10.6 Å². The van der Waals surface area contributed by atoms with E-state index in [1.165, 1.54) is 0 Å². The fraction of sp³-hybridized carbons (Fsp3) is 0.688. The summed E-state index contributed by atoms with van der Waals surface area (Å²) in [5, 5.41) is 6.45. The number of hydrogen-bond acceptors (Lipinski definition) is 4. The second-order valence-electron chi connectivity index (χ2n) is 6.72. The SMILES string of the molecule is CC(Nc1nccc(CNC(C)(C)C)c1F)C1CCCO1. The van der Waals surface area contributed by atoms with E-state index in [-0.39, 0.29) is 23.5 Å². The van der Waals surface area contributed by atoms with Crippen molar-refractivity contribution in [3.05, 3.63) is 23.6 Å². The van der Waals surface area contributed by atoms with Crippen molar-refractivity contribution in [1.82, 2.24) is 10.3 Å². The van der Waals surface area contributed by atoms with Gasteiger partial charge in [0, 0.05) is 30.5 Å². The molecule has 4 nitrogen and oxygen atoms in total. The maximum Gasteiger partial charge on any atom is 0.169 e. The topological polar surface area (TPSA) is 46.2 Å². The Bertz CT molecular complexity index is 467. The molecule has 0 aromatic carbocycles. The largest absolute Gasteiger partial charge is 0.376 e. The fourth-order valence-electron chi connectivity index (χ4n) is 2.39. The van der Waals surface area contributed by atoms with Gasteiger partial charge >= 0.3 is 0 Å². The van der Waals surface area contributed by atoms with Gasteiger partial charge in [-0.2, -0.15) is 0 Å². The molecule has 1 aliphatic rings. The summed E-state index contributed by atoms with van der Waals surface area (Å²) >= 11 is 0.